The van der Waals surface area contributed by atoms with Gasteiger partial charge >= 0.3 is 0 Å². The lowest BCUT2D eigenvalue weighted by atomic mass is 10.1. The van der Waals surface area contributed by atoms with E-state index in [0.717, 1.165) is 5.56 Å². The Morgan fingerprint density at radius 3 is 2.31 bits per heavy atom. The zero-order valence-corrected chi connectivity index (χ0v) is 9.72. The zero-order valence-electron chi connectivity index (χ0n) is 9.72. The fourth-order valence-corrected chi connectivity index (χ4v) is 2.11. The number of amides is 1. The summed E-state index contributed by atoms with van der Waals surface area (Å²) in [6.07, 6.45) is 0.243. The molecule has 0 N–H and O–H groups in total. The molecular formula is C13H17NO2. The smallest absolute Gasteiger partial charge is 0.254 e. The number of rotatable bonds is 1. The largest absolute Gasteiger partial charge is 0.372 e. The summed E-state index contributed by atoms with van der Waals surface area (Å²) in [6.45, 7) is 5.36. The lowest BCUT2D eigenvalue weighted by molar-refractivity contribution is -0.0586. The first-order valence-corrected chi connectivity index (χ1v) is 5.66. The topological polar surface area (TPSA) is 29.5 Å². The second-order valence-corrected chi connectivity index (χ2v) is 4.33. The van der Waals surface area contributed by atoms with Crippen LogP contribution in [0.5, 0.6) is 0 Å². The number of ether oxygens (including phenoxy) is 1. The molecule has 0 saturated carbocycles. The van der Waals surface area contributed by atoms with E-state index in [2.05, 4.69) is 0 Å². The summed E-state index contributed by atoms with van der Waals surface area (Å²) in [4.78, 5) is 14.0. The highest BCUT2D eigenvalue weighted by molar-refractivity contribution is 5.94. The van der Waals surface area contributed by atoms with Gasteiger partial charge in [0.15, 0.2) is 0 Å². The molecule has 1 fully saturated rings. The summed E-state index contributed by atoms with van der Waals surface area (Å²) in [5.74, 6) is 0.0996. The molecule has 1 heterocycles. The molecule has 1 aliphatic rings. The molecule has 3 nitrogen and oxygen atoms in total. The third-order valence-electron chi connectivity index (χ3n) is 2.73. The van der Waals surface area contributed by atoms with Crippen LogP contribution in [-0.4, -0.2) is 36.1 Å². The van der Waals surface area contributed by atoms with E-state index >= 15 is 0 Å². The second-order valence-electron chi connectivity index (χ2n) is 4.33. The van der Waals surface area contributed by atoms with Crippen molar-refractivity contribution >= 4 is 5.91 Å². The van der Waals surface area contributed by atoms with Crippen LogP contribution in [-0.2, 0) is 4.74 Å². The van der Waals surface area contributed by atoms with Crippen molar-refractivity contribution < 1.29 is 9.53 Å². The summed E-state index contributed by atoms with van der Waals surface area (Å²) in [5, 5.41) is 0. The average molecular weight is 219 g/mol. The fraction of sp³-hybridized carbons (Fsp3) is 0.462. The minimum Gasteiger partial charge on any atom is -0.372 e. The predicted molar refractivity (Wildman–Crippen MR) is 62.4 cm³/mol. The number of carbonyl (C=O) groups excluding carboxylic acids is 1. The van der Waals surface area contributed by atoms with Crippen molar-refractivity contribution in [2.75, 3.05) is 13.1 Å². The van der Waals surface area contributed by atoms with Crippen molar-refractivity contribution in [1.82, 2.24) is 4.90 Å². The molecule has 0 bridgehead atoms. The van der Waals surface area contributed by atoms with Gasteiger partial charge in [-0.2, -0.15) is 0 Å². The zero-order chi connectivity index (χ0) is 11.5. The molecular weight excluding hydrogens is 202 g/mol. The molecule has 0 spiro atoms. The SMILES string of the molecule is CC1CN(C(=O)c2ccccc2)CC(C)O1. The quantitative estimate of drug-likeness (QED) is 0.722. The predicted octanol–water partition coefficient (Wildman–Crippen LogP) is 1.94. The number of hydrogen-bond donors (Lipinski definition) is 0. The van der Waals surface area contributed by atoms with Crippen LogP contribution in [0.4, 0.5) is 0 Å². The van der Waals surface area contributed by atoms with E-state index in [4.69, 9.17) is 4.74 Å². The second kappa shape index (κ2) is 4.66. The maximum absolute atomic E-state index is 12.2. The molecule has 3 heteroatoms. The first-order chi connectivity index (χ1) is 7.66. The van der Waals surface area contributed by atoms with Crippen molar-refractivity contribution in [2.24, 2.45) is 0 Å². The van der Waals surface area contributed by atoms with Crippen molar-refractivity contribution in [3.8, 4) is 0 Å². The lowest BCUT2D eigenvalue weighted by Gasteiger charge is -2.35. The minimum atomic E-state index is 0.0996. The molecule has 2 atom stereocenters. The van der Waals surface area contributed by atoms with Crippen molar-refractivity contribution in [1.29, 1.82) is 0 Å². The van der Waals surface area contributed by atoms with Gasteiger partial charge in [0, 0.05) is 18.7 Å². The number of hydrogen-bond acceptors (Lipinski definition) is 2. The van der Waals surface area contributed by atoms with E-state index in [1.54, 1.807) is 0 Å². The lowest BCUT2D eigenvalue weighted by Crippen LogP contribution is -2.48. The van der Waals surface area contributed by atoms with Crippen LogP contribution in [0.15, 0.2) is 30.3 Å². The van der Waals surface area contributed by atoms with Gasteiger partial charge in [0.05, 0.1) is 12.2 Å². The van der Waals surface area contributed by atoms with Crippen molar-refractivity contribution in [2.45, 2.75) is 26.1 Å². The van der Waals surface area contributed by atoms with Gasteiger partial charge in [-0.25, -0.2) is 0 Å². The van der Waals surface area contributed by atoms with Crippen LogP contribution >= 0.6 is 0 Å². The van der Waals surface area contributed by atoms with Gasteiger partial charge in [-0.1, -0.05) is 18.2 Å². The Morgan fingerprint density at radius 2 is 1.75 bits per heavy atom. The van der Waals surface area contributed by atoms with E-state index in [0.29, 0.717) is 13.1 Å². The monoisotopic (exact) mass is 219 g/mol. The third-order valence-corrected chi connectivity index (χ3v) is 2.73. The van der Waals surface area contributed by atoms with Crippen LogP contribution in [0.3, 0.4) is 0 Å². The van der Waals surface area contributed by atoms with E-state index in [1.165, 1.54) is 0 Å². The van der Waals surface area contributed by atoms with Crippen molar-refractivity contribution in [3.63, 3.8) is 0 Å². The van der Waals surface area contributed by atoms with Gasteiger partial charge in [0.1, 0.15) is 0 Å². The molecule has 2 unspecified atom stereocenters. The van der Waals surface area contributed by atoms with Gasteiger partial charge in [0.2, 0.25) is 0 Å². The maximum Gasteiger partial charge on any atom is 0.254 e. The Hall–Kier alpha value is -1.35. The molecule has 0 aliphatic carbocycles. The molecule has 1 aliphatic heterocycles. The highest BCUT2D eigenvalue weighted by Crippen LogP contribution is 2.13. The first kappa shape index (κ1) is 11.1. The van der Waals surface area contributed by atoms with Crippen LogP contribution in [0.2, 0.25) is 0 Å². The maximum atomic E-state index is 12.2. The Labute approximate surface area is 96.0 Å². The molecule has 86 valence electrons. The molecule has 0 radical (unpaired) electrons. The summed E-state index contributed by atoms with van der Waals surface area (Å²) >= 11 is 0. The summed E-state index contributed by atoms with van der Waals surface area (Å²) in [6, 6.07) is 9.41. The van der Waals surface area contributed by atoms with Gasteiger partial charge in [-0.3, -0.25) is 4.79 Å². The molecule has 1 aromatic rings. The van der Waals surface area contributed by atoms with Gasteiger partial charge in [-0.15, -0.1) is 0 Å². The van der Waals surface area contributed by atoms with Gasteiger partial charge in [0.25, 0.3) is 5.91 Å². The van der Waals surface area contributed by atoms with Gasteiger partial charge in [-0.05, 0) is 26.0 Å². The normalized spacial score (nSPS) is 25.5. The van der Waals surface area contributed by atoms with Crippen LogP contribution in [0, 0.1) is 0 Å². The van der Waals surface area contributed by atoms with Crippen molar-refractivity contribution in [3.05, 3.63) is 35.9 Å². The van der Waals surface area contributed by atoms with Crippen LogP contribution in [0.1, 0.15) is 24.2 Å². The third kappa shape index (κ3) is 2.42. The summed E-state index contributed by atoms with van der Waals surface area (Å²) < 4.78 is 5.61. The standard InChI is InChI=1S/C13H17NO2/c1-10-8-14(9-11(2)16-10)13(15)12-6-4-3-5-7-12/h3-7,10-11H,8-9H2,1-2H3. The Morgan fingerprint density at radius 1 is 1.19 bits per heavy atom. The number of nitrogens with zero attached hydrogens (tertiary/aromatic N) is 1. The molecule has 2 rings (SSSR count). The molecule has 1 saturated heterocycles. The van der Waals surface area contributed by atoms with E-state index in [1.807, 2.05) is 49.1 Å². The first-order valence-electron chi connectivity index (χ1n) is 5.66. The highest BCUT2D eigenvalue weighted by atomic mass is 16.5. The fourth-order valence-electron chi connectivity index (χ4n) is 2.11. The Kier molecular flexibility index (Phi) is 3.25. The number of carbonyl (C=O) groups is 1. The summed E-state index contributed by atoms with van der Waals surface area (Å²) in [5.41, 5.74) is 0.754. The van der Waals surface area contributed by atoms with E-state index < -0.39 is 0 Å². The Balaban J connectivity index is 2.10. The van der Waals surface area contributed by atoms with E-state index in [-0.39, 0.29) is 18.1 Å². The number of morpholine rings is 1. The molecule has 16 heavy (non-hydrogen) atoms. The molecule has 0 aromatic heterocycles. The van der Waals surface area contributed by atoms with Crippen LogP contribution in [0.25, 0.3) is 0 Å². The highest BCUT2D eigenvalue weighted by Gasteiger charge is 2.26. The average Bonchev–Trinajstić information content (AvgIpc) is 2.28. The molecule has 1 aromatic carbocycles. The van der Waals surface area contributed by atoms with E-state index in [9.17, 15) is 4.79 Å². The van der Waals surface area contributed by atoms with Gasteiger partial charge < -0.3 is 9.64 Å². The molecule has 1 amide bonds. The number of benzene rings is 1. The van der Waals surface area contributed by atoms with Crippen LogP contribution < -0.4 is 0 Å². The minimum absolute atomic E-state index is 0.0996. The Bertz CT molecular complexity index is 353. The summed E-state index contributed by atoms with van der Waals surface area (Å²) in [7, 11) is 0.